The molecule has 0 bridgehead atoms. The number of benzene rings is 1. The minimum Gasteiger partial charge on any atom is -0.347 e. The van der Waals surface area contributed by atoms with Gasteiger partial charge in [0.15, 0.2) is 0 Å². The summed E-state index contributed by atoms with van der Waals surface area (Å²) in [6.07, 6.45) is 0. The third-order valence-electron chi connectivity index (χ3n) is 2.47. The summed E-state index contributed by atoms with van der Waals surface area (Å²) in [5.41, 5.74) is 0.915. The molecule has 1 aromatic heterocycles. The third kappa shape index (κ3) is 3.09. The maximum absolute atomic E-state index is 13.1. The Bertz CT molecular complexity index is 582. The van der Waals surface area contributed by atoms with Crippen LogP contribution in [0.4, 0.5) is 4.39 Å². The van der Waals surface area contributed by atoms with Gasteiger partial charge >= 0.3 is 0 Å². The first-order valence-corrected chi connectivity index (χ1v) is 6.54. The molecule has 0 spiro atoms. The van der Waals surface area contributed by atoms with Crippen LogP contribution in [0.25, 0.3) is 0 Å². The molecule has 5 heteroatoms. The Morgan fingerprint density at radius 1 is 1.39 bits per heavy atom. The van der Waals surface area contributed by atoms with Gasteiger partial charge in [0.25, 0.3) is 5.91 Å². The average Bonchev–Trinajstić information content (AvgIpc) is 2.75. The summed E-state index contributed by atoms with van der Waals surface area (Å²) in [6.45, 7) is 2.05. The maximum atomic E-state index is 13.1. The number of halogens is 2. The second-order valence-electron chi connectivity index (χ2n) is 3.85. The van der Waals surface area contributed by atoms with Crippen molar-refractivity contribution in [3.8, 4) is 0 Å². The molecular weight excluding hydrogens is 273 g/mol. The molecule has 0 aliphatic rings. The Morgan fingerprint density at radius 2 is 2.17 bits per heavy atom. The van der Waals surface area contributed by atoms with Gasteiger partial charge in [-0.3, -0.25) is 4.79 Å². The summed E-state index contributed by atoms with van der Waals surface area (Å²) in [4.78, 5) is 12.8. The first-order valence-electron chi connectivity index (χ1n) is 5.35. The van der Waals surface area contributed by atoms with E-state index in [1.54, 1.807) is 13.0 Å². The highest BCUT2D eigenvalue weighted by Crippen LogP contribution is 2.21. The molecule has 0 radical (unpaired) electrons. The molecule has 2 nitrogen and oxygen atoms in total. The number of hydrogen-bond donors (Lipinski definition) is 1. The molecule has 1 heterocycles. The minimum absolute atomic E-state index is 0.220. The topological polar surface area (TPSA) is 29.1 Å². The van der Waals surface area contributed by atoms with Crippen molar-refractivity contribution in [3.05, 3.63) is 56.5 Å². The van der Waals surface area contributed by atoms with Crippen LogP contribution in [0.2, 0.25) is 4.34 Å². The second kappa shape index (κ2) is 5.50. The molecule has 94 valence electrons. The van der Waals surface area contributed by atoms with Crippen molar-refractivity contribution in [1.82, 2.24) is 5.32 Å². The molecule has 1 amide bonds. The highest BCUT2D eigenvalue weighted by Gasteiger charge is 2.08. The van der Waals surface area contributed by atoms with Gasteiger partial charge in [-0.1, -0.05) is 11.6 Å². The summed E-state index contributed by atoms with van der Waals surface area (Å²) >= 11 is 7.22. The molecule has 0 aliphatic heterocycles. The fraction of sp³-hybridized carbons (Fsp3) is 0.154. The number of carbonyl (C=O) groups excluding carboxylic acids is 1. The summed E-state index contributed by atoms with van der Waals surface area (Å²) < 4.78 is 13.8. The van der Waals surface area contributed by atoms with Crippen molar-refractivity contribution >= 4 is 28.8 Å². The van der Waals surface area contributed by atoms with Crippen molar-refractivity contribution in [2.24, 2.45) is 0 Å². The molecule has 1 N–H and O–H groups in total. The van der Waals surface area contributed by atoms with E-state index < -0.39 is 0 Å². The summed E-state index contributed by atoms with van der Waals surface area (Å²) in [5, 5.41) is 2.77. The van der Waals surface area contributed by atoms with Crippen LogP contribution in [0, 0.1) is 12.7 Å². The van der Waals surface area contributed by atoms with Crippen LogP contribution in [0.15, 0.2) is 30.3 Å². The quantitative estimate of drug-likeness (QED) is 0.912. The fourth-order valence-corrected chi connectivity index (χ4v) is 2.53. The van der Waals surface area contributed by atoms with E-state index in [-0.39, 0.29) is 11.7 Å². The van der Waals surface area contributed by atoms with Gasteiger partial charge in [-0.15, -0.1) is 11.3 Å². The molecule has 0 saturated heterocycles. The highest BCUT2D eigenvalue weighted by atomic mass is 35.5. The van der Waals surface area contributed by atoms with Crippen LogP contribution in [0.5, 0.6) is 0 Å². The molecule has 0 unspecified atom stereocenters. The maximum Gasteiger partial charge on any atom is 0.251 e. The van der Waals surface area contributed by atoms with Gasteiger partial charge in [0.05, 0.1) is 10.9 Å². The van der Waals surface area contributed by atoms with Crippen molar-refractivity contribution in [1.29, 1.82) is 0 Å². The molecule has 0 fully saturated rings. The number of thiophene rings is 1. The van der Waals surface area contributed by atoms with Crippen LogP contribution in [-0.4, -0.2) is 5.91 Å². The standard InChI is InChI=1S/C13H11ClFNOS/c1-8-6-9(2-4-11(8)15)13(17)16-7-10-3-5-12(14)18-10/h2-6H,7H2,1H3,(H,16,17). The molecule has 0 aliphatic carbocycles. The van der Waals surface area contributed by atoms with E-state index in [1.165, 1.54) is 29.5 Å². The van der Waals surface area contributed by atoms with Crippen LogP contribution in [0.3, 0.4) is 0 Å². The van der Waals surface area contributed by atoms with E-state index in [9.17, 15) is 9.18 Å². The fourth-order valence-electron chi connectivity index (χ4n) is 1.50. The number of nitrogens with one attached hydrogen (secondary N) is 1. The van der Waals surface area contributed by atoms with E-state index in [4.69, 9.17) is 11.6 Å². The predicted molar refractivity (Wildman–Crippen MR) is 71.6 cm³/mol. The zero-order chi connectivity index (χ0) is 13.1. The summed E-state index contributed by atoms with van der Waals surface area (Å²) in [6, 6.07) is 7.95. The first-order chi connectivity index (χ1) is 8.56. The normalized spacial score (nSPS) is 10.4. The number of hydrogen-bond acceptors (Lipinski definition) is 2. The number of aryl methyl sites for hydroxylation is 1. The number of amides is 1. The zero-order valence-electron chi connectivity index (χ0n) is 9.67. The molecule has 2 rings (SSSR count). The lowest BCUT2D eigenvalue weighted by molar-refractivity contribution is 0.0951. The third-order valence-corrected chi connectivity index (χ3v) is 3.70. The van der Waals surface area contributed by atoms with Gasteiger partial charge < -0.3 is 5.32 Å². The molecule has 1 aromatic carbocycles. The summed E-state index contributed by atoms with van der Waals surface area (Å²) in [7, 11) is 0. The van der Waals surface area contributed by atoms with Crippen LogP contribution in [-0.2, 0) is 6.54 Å². The molecule has 2 aromatic rings. The molecule has 18 heavy (non-hydrogen) atoms. The number of rotatable bonds is 3. The smallest absolute Gasteiger partial charge is 0.251 e. The van der Waals surface area contributed by atoms with Crippen molar-refractivity contribution < 1.29 is 9.18 Å². The number of carbonyl (C=O) groups is 1. The van der Waals surface area contributed by atoms with Gasteiger partial charge in [-0.2, -0.15) is 0 Å². The Kier molecular flexibility index (Phi) is 3.99. The van der Waals surface area contributed by atoms with Gasteiger partial charge in [0.2, 0.25) is 0 Å². The lowest BCUT2D eigenvalue weighted by Gasteiger charge is -2.05. The Morgan fingerprint density at radius 3 is 2.78 bits per heavy atom. The van der Waals surface area contributed by atoms with Gasteiger partial charge in [0.1, 0.15) is 5.82 Å². The Hall–Kier alpha value is -1.39. The van der Waals surface area contributed by atoms with Crippen LogP contribution in [0.1, 0.15) is 20.8 Å². The van der Waals surface area contributed by atoms with Gasteiger partial charge in [0, 0.05) is 10.4 Å². The Labute approximate surface area is 113 Å². The summed E-state index contributed by atoms with van der Waals surface area (Å²) in [5.74, 6) is -0.529. The van der Waals surface area contributed by atoms with Crippen LogP contribution >= 0.6 is 22.9 Å². The largest absolute Gasteiger partial charge is 0.347 e. The molecular formula is C13H11ClFNOS. The van der Waals surface area contributed by atoms with Crippen LogP contribution < -0.4 is 5.32 Å². The van der Waals surface area contributed by atoms with Crippen molar-refractivity contribution in [2.45, 2.75) is 13.5 Å². The first kappa shape index (κ1) is 13.1. The van der Waals surface area contributed by atoms with Crippen molar-refractivity contribution in [3.63, 3.8) is 0 Å². The van der Waals surface area contributed by atoms with Crippen molar-refractivity contribution in [2.75, 3.05) is 0 Å². The highest BCUT2D eigenvalue weighted by molar-refractivity contribution is 7.16. The Balaban J connectivity index is 2.01. The monoisotopic (exact) mass is 283 g/mol. The molecule has 0 saturated carbocycles. The molecule has 0 atom stereocenters. The van der Waals surface area contributed by atoms with E-state index in [0.29, 0.717) is 22.0 Å². The van der Waals surface area contributed by atoms with Gasteiger partial charge in [-0.05, 0) is 42.8 Å². The lowest BCUT2D eigenvalue weighted by Crippen LogP contribution is -2.22. The van der Waals surface area contributed by atoms with E-state index in [2.05, 4.69) is 5.32 Å². The van der Waals surface area contributed by atoms with E-state index in [0.717, 1.165) is 4.88 Å². The SMILES string of the molecule is Cc1cc(C(=O)NCc2ccc(Cl)s2)ccc1F. The van der Waals surface area contributed by atoms with Gasteiger partial charge in [-0.25, -0.2) is 4.39 Å². The van der Waals surface area contributed by atoms with E-state index >= 15 is 0 Å². The van der Waals surface area contributed by atoms with E-state index in [1.807, 2.05) is 6.07 Å². The second-order valence-corrected chi connectivity index (χ2v) is 5.65. The lowest BCUT2D eigenvalue weighted by atomic mass is 10.1. The predicted octanol–water partition coefficient (Wildman–Crippen LogP) is 3.78. The average molecular weight is 284 g/mol. The zero-order valence-corrected chi connectivity index (χ0v) is 11.2. The minimum atomic E-state index is -0.309.